The van der Waals surface area contributed by atoms with E-state index in [1.165, 1.54) is 11.3 Å². The Morgan fingerprint density at radius 3 is 2.68 bits per heavy atom. The standard InChI is InChI=1S/C29H33N7OS/c1-20(2)35-13-15-36(16-14-35)27(37)18-23-11-12-30-25(17-23)32-29-31-24-9-10-26(33-28(24)38-29)34(4)19-22-7-5-21(3)6-8-22/h5,7,9-12,17,20H,13-16,18-19H2,1-4H3,(H,30,31,32). The third-order valence-electron chi connectivity index (χ3n) is 6.81. The summed E-state index contributed by atoms with van der Waals surface area (Å²) in [6.45, 7) is 10.5. The number of carbonyl (C=O) groups is 1. The van der Waals surface area contributed by atoms with Crippen molar-refractivity contribution in [1.82, 2.24) is 24.8 Å². The van der Waals surface area contributed by atoms with Crippen LogP contribution in [0.3, 0.4) is 0 Å². The minimum atomic E-state index is 0.160. The van der Waals surface area contributed by atoms with Gasteiger partial charge in [0.1, 0.15) is 22.0 Å². The summed E-state index contributed by atoms with van der Waals surface area (Å²) < 4.78 is 0. The first-order valence-electron chi connectivity index (χ1n) is 13.0. The lowest BCUT2D eigenvalue weighted by Crippen LogP contribution is -2.51. The van der Waals surface area contributed by atoms with Gasteiger partial charge in [0.2, 0.25) is 5.91 Å². The largest absolute Gasteiger partial charge is 0.355 e. The number of hydrogen-bond acceptors (Lipinski definition) is 8. The van der Waals surface area contributed by atoms with E-state index in [2.05, 4.69) is 56.5 Å². The van der Waals surface area contributed by atoms with Crippen molar-refractivity contribution in [2.45, 2.75) is 33.2 Å². The summed E-state index contributed by atoms with van der Waals surface area (Å²) in [5.41, 5.74) is 10.2. The van der Waals surface area contributed by atoms with Crippen molar-refractivity contribution >= 4 is 44.4 Å². The first-order chi connectivity index (χ1) is 18.3. The van der Waals surface area contributed by atoms with Crippen molar-refractivity contribution in [3.63, 3.8) is 0 Å². The van der Waals surface area contributed by atoms with Crippen LogP contribution < -0.4 is 10.2 Å². The zero-order valence-electron chi connectivity index (χ0n) is 22.4. The lowest BCUT2D eigenvalue weighted by molar-refractivity contribution is -0.132. The highest BCUT2D eigenvalue weighted by Gasteiger charge is 2.22. The predicted molar refractivity (Wildman–Crippen MR) is 154 cm³/mol. The van der Waals surface area contributed by atoms with Gasteiger partial charge in [0.25, 0.3) is 0 Å². The van der Waals surface area contributed by atoms with E-state index in [-0.39, 0.29) is 5.91 Å². The third-order valence-corrected chi connectivity index (χ3v) is 7.69. The van der Waals surface area contributed by atoms with Crippen LogP contribution in [0.2, 0.25) is 0 Å². The number of anilines is 3. The van der Waals surface area contributed by atoms with Gasteiger partial charge in [0.15, 0.2) is 5.13 Å². The third kappa shape index (κ3) is 6.21. The van der Waals surface area contributed by atoms with Crippen LogP contribution in [0.5, 0.6) is 0 Å². The maximum Gasteiger partial charge on any atom is 0.227 e. The Hall–Kier alpha value is -3.74. The molecule has 0 bridgehead atoms. The van der Waals surface area contributed by atoms with Crippen LogP contribution in [0.25, 0.3) is 10.3 Å². The molecular formula is C29H33N7OS. The van der Waals surface area contributed by atoms with Gasteiger partial charge in [-0.2, -0.15) is 0 Å². The number of hydrogen-bond donors (Lipinski definition) is 1. The van der Waals surface area contributed by atoms with Gasteiger partial charge in [-0.3, -0.25) is 9.69 Å². The van der Waals surface area contributed by atoms with E-state index < -0.39 is 0 Å². The Labute approximate surface area is 227 Å². The Balaban J connectivity index is 1.22. The number of amides is 1. The van der Waals surface area contributed by atoms with Gasteiger partial charge >= 0.3 is 0 Å². The normalized spacial score (nSPS) is 15.7. The van der Waals surface area contributed by atoms with Crippen LogP contribution in [-0.4, -0.2) is 76.5 Å². The molecule has 1 amide bonds. The molecule has 1 N–H and O–H groups in total. The molecule has 5 rings (SSSR count). The maximum absolute atomic E-state index is 12.9. The number of likely N-dealkylation sites (N-methyl/N-ethyl adjacent to an activating group) is 1. The van der Waals surface area contributed by atoms with Crippen molar-refractivity contribution in [1.29, 1.82) is 0 Å². The molecule has 0 spiro atoms. The zero-order valence-corrected chi connectivity index (χ0v) is 23.2. The Morgan fingerprint density at radius 1 is 1.13 bits per heavy atom. The number of fused-ring (bicyclic) bond motifs is 1. The number of pyridine rings is 2. The van der Waals surface area contributed by atoms with E-state index in [0.29, 0.717) is 24.8 Å². The number of nitrogens with one attached hydrogen (secondary N) is 1. The van der Waals surface area contributed by atoms with Gasteiger partial charge in [-0.25, -0.2) is 15.0 Å². The fraction of sp³-hybridized carbons (Fsp3) is 0.379. The number of rotatable bonds is 8. The number of carbonyl (C=O) groups excluding carboxylic acids is 1. The number of piperazine rings is 1. The molecule has 0 unspecified atom stereocenters. The lowest BCUT2D eigenvalue weighted by atomic mass is 10.1. The van der Waals surface area contributed by atoms with Crippen LogP contribution >= 0.6 is 11.3 Å². The molecule has 3 aromatic heterocycles. The van der Waals surface area contributed by atoms with Crippen LogP contribution in [0.4, 0.5) is 16.8 Å². The Morgan fingerprint density at radius 2 is 1.95 bits per heavy atom. The predicted octanol–water partition coefficient (Wildman–Crippen LogP) is 4.56. The molecule has 3 aromatic rings. The van der Waals surface area contributed by atoms with Crippen LogP contribution in [0.15, 0.2) is 65.2 Å². The van der Waals surface area contributed by atoms with E-state index in [9.17, 15) is 4.79 Å². The molecule has 1 aliphatic heterocycles. The molecule has 1 aliphatic carbocycles. The van der Waals surface area contributed by atoms with Crippen LogP contribution in [0, 0.1) is 0 Å². The summed E-state index contributed by atoms with van der Waals surface area (Å²) in [6, 6.07) is 8.31. The van der Waals surface area contributed by atoms with Crippen LogP contribution in [-0.2, 0) is 11.2 Å². The van der Waals surface area contributed by atoms with E-state index >= 15 is 0 Å². The second-order valence-electron chi connectivity index (χ2n) is 10.0. The second-order valence-corrected chi connectivity index (χ2v) is 11.0. The molecule has 38 heavy (non-hydrogen) atoms. The van der Waals surface area contributed by atoms with E-state index in [1.54, 1.807) is 6.20 Å². The Kier molecular flexibility index (Phi) is 7.72. The van der Waals surface area contributed by atoms with Gasteiger partial charge in [-0.05, 0) is 68.3 Å². The molecule has 0 atom stereocenters. The monoisotopic (exact) mass is 527 g/mol. The maximum atomic E-state index is 12.9. The smallest absolute Gasteiger partial charge is 0.227 e. The fourth-order valence-electron chi connectivity index (χ4n) is 4.53. The summed E-state index contributed by atoms with van der Waals surface area (Å²) in [7, 11) is 2.02. The first-order valence-corrected chi connectivity index (χ1v) is 13.8. The Bertz CT molecular complexity index is 1470. The second kappa shape index (κ2) is 11.3. The molecule has 0 radical (unpaired) electrons. The highest BCUT2D eigenvalue weighted by atomic mass is 32.1. The summed E-state index contributed by atoms with van der Waals surface area (Å²) in [4.78, 5) is 34.2. The van der Waals surface area contributed by atoms with Gasteiger partial charge < -0.3 is 15.1 Å². The highest BCUT2D eigenvalue weighted by Crippen LogP contribution is 2.28. The van der Waals surface area contributed by atoms with Gasteiger partial charge in [-0.15, -0.1) is 0 Å². The molecule has 196 valence electrons. The summed E-state index contributed by atoms with van der Waals surface area (Å²) in [5.74, 6) is 1.70. The average molecular weight is 528 g/mol. The number of thiazole rings is 1. The molecular weight excluding hydrogens is 494 g/mol. The number of aromatic nitrogens is 3. The minimum Gasteiger partial charge on any atom is -0.355 e. The van der Waals surface area contributed by atoms with Crippen LogP contribution in [0.1, 0.15) is 26.3 Å². The molecule has 2 aliphatic rings. The molecule has 1 saturated heterocycles. The van der Waals surface area contributed by atoms with Crippen molar-refractivity contribution in [3.8, 4) is 0 Å². The zero-order chi connectivity index (χ0) is 26.6. The molecule has 9 heteroatoms. The molecule has 0 aromatic carbocycles. The molecule has 4 heterocycles. The number of nitrogens with zero attached hydrogens (tertiary/aromatic N) is 6. The average Bonchev–Trinajstić information content (AvgIpc) is 3.31. The topological polar surface area (TPSA) is 77.5 Å². The highest BCUT2D eigenvalue weighted by molar-refractivity contribution is 7.21. The van der Waals surface area contributed by atoms with Crippen molar-refractivity contribution in [2.24, 2.45) is 0 Å². The summed E-state index contributed by atoms with van der Waals surface area (Å²) >= 11 is 1.48. The molecule has 1 fully saturated rings. The van der Waals surface area contributed by atoms with Crippen molar-refractivity contribution < 1.29 is 4.79 Å². The van der Waals surface area contributed by atoms with Gasteiger partial charge in [-0.1, -0.05) is 22.8 Å². The quantitative estimate of drug-likeness (QED) is 0.431. The van der Waals surface area contributed by atoms with E-state index in [1.807, 2.05) is 49.2 Å². The minimum absolute atomic E-state index is 0.160. The van der Waals surface area contributed by atoms with Gasteiger partial charge in [0, 0.05) is 51.0 Å². The van der Waals surface area contributed by atoms with Crippen molar-refractivity contribution in [3.05, 3.63) is 70.8 Å². The van der Waals surface area contributed by atoms with E-state index in [0.717, 1.165) is 64.2 Å². The SMILES string of the molecule is CC1=C=C=C(CN(C)c2ccc3nc(Nc4cc(CC(=O)N5CCN(C(C)C)CC5)ccn4)sc3n2)C=C1. The summed E-state index contributed by atoms with van der Waals surface area (Å²) in [6.07, 6.45) is 6.22. The van der Waals surface area contributed by atoms with Gasteiger partial charge in [0.05, 0.1) is 13.0 Å². The fourth-order valence-corrected chi connectivity index (χ4v) is 5.37. The number of allylic oxidation sites excluding steroid dienone is 2. The van der Waals surface area contributed by atoms with Crippen molar-refractivity contribution in [2.75, 3.05) is 50.0 Å². The molecule has 8 nitrogen and oxygen atoms in total. The lowest BCUT2D eigenvalue weighted by Gasteiger charge is -2.37. The van der Waals surface area contributed by atoms with E-state index in [4.69, 9.17) is 4.98 Å². The summed E-state index contributed by atoms with van der Waals surface area (Å²) in [5, 5.41) is 4.02. The first kappa shape index (κ1) is 25.9. The molecule has 0 saturated carbocycles.